The summed E-state index contributed by atoms with van der Waals surface area (Å²) in [4.78, 5) is 37.8. The van der Waals surface area contributed by atoms with Crippen LogP contribution in [0.1, 0.15) is 34.8 Å². The van der Waals surface area contributed by atoms with Gasteiger partial charge >= 0.3 is 5.97 Å². The molecule has 1 unspecified atom stereocenters. The lowest BCUT2D eigenvalue weighted by atomic mass is 10.1. The summed E-state index contributed by atoms with van der Waals surface area (Å²) in [5.41, 5.74) is 4.36. The van der Waals surface area contributed by atoms with Crippen LogP contribution >= 0.6 is 0 Å². The number of ether oxygens (including phenoxy) is 1. The second-order valence-electron chi connectivity index (χ2n) is 9.56. The molecular formula is C29H30N6O3. The molecule has 1 aliphatic heterocycles. The Morgan fingerprint density at radius 3 is 2.76 bits per heavy atom. The highest BCUT2D eigenvalue weighted by atomic mass is 16.5. The number of para-hydroxylation sites is 1. The van der Waals surface area contributed by atoms with Crippen LogP contribution in [0.4, 0.5) is 11.6 Å². The Kier molecular flexibility index (Phi) is 6.61. The molecule has 2 N–H and O–H groups in total. The van der Waals surface area contributed by atoms with Crippen LogP contribution in [0, 0.1) is 0 Å². The van der Waals surface area contributed by atoms with Gasteiger partial charge in [-0.1, -0.05) is 24.3 Å². The van der Waals surface area contributed by atoms with Crippen molar-refractivity contribution in [1.29, 1.82) is 0 Å². The second kappa shape index (κ2) is 10.4. The van der Waals surface area contributed by atoms with Crippen molar-refractivity contribution in [3.8, 4) is 5.69 Å². The number of hydrogen-bond acceptors (Lipinski definition) is 8. The first-order valence-electron chi connectivity index (χ1n) is 13.1. The molecule has 1 fully saturated rings. The Morgan fingerprint density at radius 1 is 1.13 bits per heavy atom. The summed E-state index contributed by atoms with van der Waals surface area (Å²) >= 11 is 0. The molecule has 0 amide bonds. The standard InChI is InChI=1S/C29H30N6O3/c1-2-38-28(37)24-18-34(22-12-11-19-7-6-8-20(19)15-22)27-23(26(24)36)16-32-29(33-27)35(21-9-4-3-5-10-21)25-17-30-13-14-31-25/h3-5,9-12,15-16,18,25,30-31H,2,6-8,13-14,17H2,1H3. The van der Waals surface area contributed by atoms with Crippen LogP contribution in [0.25, 0.3) is 16.7 Å². The molecule has 4 aromatic rings. The maximum atomic E-state index is 13.4. The van der Waals surface area contributed by atoms with Crippen LogP contribution in [-0.2, 0) is 17.6 Å². The minimum Gasteiger partial charge on any atom is -0.462 e. The third kappa shape index (κ3) is 4.44. The Bertz CT molecular complexity index is 1550. The molecule has 2 aromatic carbocycles. The van der Waals surface area contributed by atoms with Gasteiger partial charge in [0.15, 0.2) is 5.65 Å². The summed E-state index contributed by atoms with van der Waals surface area (Å²) in [5, 5.41) is 7.24. The number of nitrogens with one attached hydrogen (secondary N) is 2. The van der Waals surface area contributed by atoms with Crippen LogP contribution in [0.2, 0.25) is 0 Å². The van der Waals surface area contributed by atoms with Crippen molar-refractivity contribution in [2.45, 2.75) is 32.4 Å². The lowest BCUT2D eigenvalue weighted by Crippen LogP contribution is -2.56. The zero-order chi connectivity index (χ0) is 26.1. The van der Waals surface area contributed by atoms with Crippen molar-refractivity contribution in [3.05, 3.63) is 87.8 Å². The largest absolute Gasteiger partial charge is 0.462 e. The lowest BCUT2D eigenvalue weighted by Gasteiger charge is -2.35. The number of nitrogens with zero attached hydrogens (tertiary/aromatic N) is 4. The number of piperazine rings is 1. The maximum Gasteiger partial charge on any atom is 0.343 e. The summed E-state index contributed by atoms with van der Waals surface area (Å²) in [6, 6.07) is 16.2. The van der Waals surface area contributed by atoms with Gasteiger partial charge < -0.3 is 14.6 Å². The number of esters is 1. The lowest BCUT2D eigenvalue weighted by molar-refractivity contribution is 0.0524. The monoisotopic (exact) mass is 510 g/mol. The minimum absolute atomic E-state index is 0.0331. The van der Waals surface area contributed by atoms with E-state index in [0.717, 1.165) is 43.7 Å². The van der Waals surface area contributed by atoms with Crippen LogP contribution in [-0.4, -0.2) is 52.9 Å². The van der Waals surface area contributed by atoms with E-state index in [1.165, 1.54) is 17.3 Å². The zero-order valence-electron chi connectivity index (χ0n) is 21.3. The van der Waals surface area contributed by atoms with Crippen LogP contribution in [0.15, 0.2) is 65.7 Å². The highest BCUT2D eigenvalue weighted by Gasteiger charge is 2.26. The van der Waals surface area contributed by atoms with Gasteiger partial charge in [0, 0.05) is 43.4 Å². The van der Waals surface area contributed by atoms with Gasteiger partial charge in [-0.2, -0.15) is 4.98 Å². The number of anilines is 2. The van der Waals surface area contributed by atoms with E-state index in [0.29, 0.717) is 18.1 Å². The fourth-order valence-corrected chi connectivity index (χ4v) is 5.32. The molecule has 2 aromatic heterocycles. The summed E-state index contributed by atoms with van der Waals surface area (Å²) in [6.45, 7) is 4.30. The van der Waals surface area contributed by atoms with E-state index in [1.807, 2.05) is 45.9 Å². The molecule has 0 saturated carbocycles. The highest BCUT2D eigenvalue weighted by Crippen LogP contribution is 2.28. The molecule has 0 radical (unpaired) electrons. The van der Waals surface area contributed by atoms with Crippen molar-refractivity contribution in [1.82, 2.24) is 25.2 Å². The van der Waals surface area contributed by atoms with Gasteiger partial charge in [0.1, 0.15) is 11.7 Å². The molecule has 1 aliphatic carbocycles. The van der Waals surface area contributed by atoms with Crippen molar-refractivity contribution >= 4 is 28.6 Å². The number of benzene rings is 2. The fraction of sp³-hybridized carbons (Fsp3) is 0.310. The molecule has 9 heteroatoms. The maximum absolute atomic E-state index is 13.4. The number of fused-ring (bicyclic) bond motifs is 2. The predicted octanol–water partition coefficient (Wildman–Crippen LogP) is 3.10. The number of carbonyl (C=O) groups is 1. The Morgan fingerprint density at radius 2 is 1.97 bits per heavy atom. The molecule has 194 valence electrons. The SMILES string of the molecule is CCOC(=O)c1cn(-c2ccc3c(c2)CCC3)c2nc(N(c3ccccc3)C3CNCCN3)ncc2c1=O. The minimum atomic E-state index is -0.651. The number of aryl methyl sites for hydroxylation is 2. The van der Waals surface area contributed by atoms with E-state index in [9.17, 15) is 9.59 Å². The van der Waals surface area contributed by atoms with Crippen molar-refractivity contribution in [3.63, 3.8) is 0 Å². The predicted molar refractivity (Wildman–Crippen MR) is 146 cm³/mol. The summed E-state index contributed by atoms with van der Waals surface area (Å²) in [5.74, 6) is -0.190. The second-order valence-corrected chi connectivity index (χ2v) is 9.56. The van der Waals surface area contributed by atoms with Crippen LogP contribution < -0.4 is 21.0 Å². The average Bonchev–Trinajstić information content (AvgIpc) is 3.43. The molecule has 9 nitrogen and oxygen atoms in total. The molecule has 3 heterocycles. The van der Waals surface area contributed by atoms with E-state index >= 15 is 0 Å². The Hall–Kier alpha value is -4.08. The smallest absolute Gasteiger partial charge is 0.343 e. The number of aromatic nitrogens is 3. The van der Waals surface area contributed by atoms with Gasteiger partial charge in [-0.05, 0) is 61.6 Å². The third-order valence-electron chi connectivity index (χ3n) is 7.17. The molecule has 0 bridgehead atoms. The molecule has 1 saturated heterocycles. The molecule has 0 spiro atoms. The van der Waals surface area contributed by atoms with Gasteiger partial charge in [0.2, 0.25) is 11.4 Å². The number of hydrogen-bond donors (Lipinski definition) is 2. The quantitative estimate of drug-likeness (QED) is 0.382. The van der Waals surface area contributed by atoms with Crippen LogP contribution in [0.3, 0.4) is 0 Å². The first-order chi connectivity index (χ1) is 18.6. The number of rotatable bonds is 6. The van der Waals surface area contributed by atoms with Crippen molar-refractivity contribution < 1.29 is 9.53 Å². The molecule has 1 atom stereocenters. The molecule has 38 heavy (non-hydrogen) atoms. The van der Waals surface area contributed by atoms with Gasteiger partial charge in [-0.25, -0.2) is 9.78 Å². The van der Waals surface area contributed by atoms with Crippen LogP contribution in [0.5, 0.6) is 0 Å². The van der Waals surface area contributed by atoms with E-state index in [2.05, 4.69) is 27.8 Å². The summed E-state index contributed by atoms with van der Waals surface area (Å²) < 4.78 is 7.03. The summed E-state index contributed by atoms with van der Waals surface area (Å²) in [6.07, 6.45) is 6.20. The summed E-state index contributed by atoms with van der Waals surface area (Å²) in [7, 11) is 0. The molecule has 6 rings (SSSR count). The highest BCUT2D eigenvalue weighted by molar-refractivity contribution is 5.93. The topological polar surface area (TPSA) is 101 Å². The Balaban J connectivity index is 1.56. The number of carbonyl (C=O) groups excluding carboxylic acids is 1. The Labute approximate surface area is 220 Å². The third-order valence-corrected chi connectivity index (χ3v) is 7.17. The van der Waals surface area contributed by atoms with Gasteiger partial charge in [-0.3, -0.25) is 15.0 Å². The van der Waals surface area contributed by atoms with E-state index in [1.54, 1.807) is 13.1 Å². The molecular weight excluding hydrogens is 480 g/mol. The van der Waals surface area contributed by atoms with Crippen molar-refractivity contribution in [2.75, 3.05) is 31.1 Å². The normalized spacial score (nSPS) is 16.8. The number of pyridine rings is 1. The molecule has 2 aliphatic rings. The van der Waals surface area contributed by atoms with E-state index in [-0.39, 0.29) is 23.7 Å². The zero-order valence-corrected chi connectivity index (χ0v) is 21.3. The van der Waals surface area contributed by atoms with Gasteiger partial charge in [-0.15, -0.1) is 0 Å². The fourth-order valence-electron chi connectivity index (χ4n) is 5.32. The van der Waals surface area contributed by atoms with Gasteiger partial charge in [0.05, 0.1) is 12.0 Å². The van der Waals surface area contributed by atoms with E-state index < -0.39 is 11.4 Å². The van der Waals surface area contributed by atoms with Crippen molar-refractivity contribution in [2.24, 2.45) is 0 Å². The van der Waals surface area contributed by atoms with Gasteiger partial charge in [0.25, 0.3) is 0 Å². The van der Waals surface area contributed by atoms with E-state index in [4.69, 9.17) is 9.72 Å². The first kappa shape index (κ1) is 24.3. The first-order valence-corrected chi connectivity index (χ1v) is 13.1. The average molecular weight is 511 g/mol.